The predicted octanol–water partition coefficient (Wildman–Crippen LogP) is 2.37. The standard InChI is InChI=1S/C14H21N3S/c1-17(2)10-6-9-15-14-16-11-13(18-14)12-7-4-3-5-8-12/h3-5,7-8,13H,6,9-11H2,1-2H3,(H,15,16). The van der Waals surface area contributed by atoms with Gasteiger partial charge in [0.1, 0.15) is 0 Å². The molecule has 0 aromatic heterocycles. The minimum Gasteiger partial charge on any atom is -0.365 e. The highest BCUT2D eigenvalue weighted by molar-refractivity contribution is 8.14. The molecule has 1 aromatic rings. The first kappa shape index (κ1) is 13.4. The summed E-state index contributed by atoms with van der Waals surface area (Å²) in [6.45, 7) is 3.02. The van der Waals surface area contributed by atoms with Crippen molar-refractivity contribution < 1.29 is 0 Å². The molecule has 0 saturated carbocycles. The van der Waals surface area contributed by atoms with Gasteiger partial charge in [-0.25, -0.2) is 0 Å². The summed E-state index contributed by atoms with van der Waals surface area (Å²) in [5, 5.41) is 5.01. The van der Waals surface area contributed by atoms with E-state index in [1.54, 1.807) is 0 Å². The molecule has 1 aliphatic rings. The second-order valence-corrected chi connectivity index (χ2v) is 5.94. The molecule has 0 spiro atoms. The van der Waals surface area contributed by atoms with Crippen LogP contribution in [0.2, 0.25) is 0 Å². The first-order valence-corrected chi connectivity index (χ1v) is 7.28. The van der Waals surface area contributed by atoms with Gasteiger partial charge in [-0.15, -0.1) is 0 Å². The lowest BCUT2D eigenvalue weighted by molar-refractivity contribution is 0.400. The third kappa shape index (κ3) is 4.03. The van der Waals surface area contributed by atoms with Gasteiger partial charge < -0.3 is 10.2 Å². The SMILES string of the molecule is CN(C)CCCNC1=NCC(c2ccccc2)S1. The molecule has 0 bridgehead atoms. The van der Waals surface area contributed by atoms with E-state index in [9.17, 15) is 0 Å². The molecule has 98 valence electrons. The normalized spacial score (nSPS) is 19.1. The van der Waals surface area contributed by atoms with Gasteiger partial charge in [0.2, 0.25) is 0 Å². The first-order valence-electron chi connectivity index (χ1n) is 6.40. The lowest BCUT2D eigenvalue weighted by atomic mass is 10.1. The van der Waals surface area contributed by atoms with Crippen LogP contribution in [0.3, 0.4) is 0 Å². The van der Waals surface area contributed by atoms with Crippen LogP contribution < -0.4 is 5.32 Å². The Bertz CT molecular complexity index is 389. The molecular weight excluding hydrogens is 242 g/mol. The Morgan fingerprint density at radius 2 is 2.11 bits per heavy atom. The largest absolute Gasteiger partial charge is 0.365 e. The maximum Gasteiger partial charge on any atom is 0.157 e. The number of aliphatic imine (C=N–C) groups is 1. The van der Waals surface area contributed by atoms with Crippen molar-refractivity contribution in [3.63, 3.8) is 0 Å². The van der Waals surface area contributed by atoms with E-state index in [4.69, 9.17) is 0 Å². The Balaban J connectivity index is 1.71. The molecule has 0 radical (unpaired) electrons. The number of nitrogens with zero attached hydrogens (tertiary/aromatic N) is 2. The molecule has 0 aliphatic carbocycles. The van der Waals surface area contributed by atoms with Crippen LogP contribution in [0.25, 0.3) is 0 Å². The summed E-state index contributed by atoms with van der Waals surface area (Å²) in [5.74, 6) is 0. The van der Waals surface area contributed by atoms with Gasteiger partial charge in [-0.1, -0.05) is 42.1 Å². The lowest BCUT2D eigenvalue weighted by Gasteiger charge is -2.11. The van der Waals surface area contributed by atoms with Crippen molar-refractivity contribution in [1.82, 2.24) is 10.2 Å². The van der Waals surface area contributed by atoms with E-state index in [0.717, 1.165) is 31.2 Å². The van der Waals surface area contributed by atoms with Gasteiger partial charge >= 0.3 is 0 Å². The van der Waals surface area contributed by atoms with Crippen LogP contribution in [0.1, 0.15) is 17.2 Å². The molecule has 1 N–H and O–H groups in total. The number of nitrogens with one attached hydrogen (secondary N) is 1. The van der Waals surface area contributed by atoms with E-state index in [0.29, 0.717) is 5.25 Å². The molecule has 4 heteroatoms. The topological polar surface area (TPSA) is 27.6 Å². The van der Waals surface area contributed by atoms with E-state index in [-0.39, 0.29) is 0 Å². The number of hydrogen-bond donors (Lipinski definition) is 1. The predicted molar refractivity (Wildman–Crippen MR) is 80.2 cm³/mol. The zero-order chi connectivity index (χ0) is 12.8. The van der Waals surface area contributed by atoms with E-state index >= 15 is 0 Å². The number of hydrogen-bond acceptors (Lipinski definition) is 4. The van der Waals surface area contributed by atoms with Gasteiger partial charge in [0.15, 0.2) is 5.17 Å². The molecule has 18 heavy (non-hydrogen) atoms. The molecule has 0 saturated heterocycles. The zero-order valence-corrected chi connectivity index (χ0v) is 11.9. The lowest BCUT2D eigenvalue weighted by Crippen LogP contribution is -2.24. The fourth-order valence-electron chi connectivity index (χ4n) is 1.90. The van der Waals surface area contributed by atoms with Crippen LogP contribution >= 0.6 is 11.8 Å². The van der Waals surface area contributed by atoms with Gasteiger partial charge in [0.25, 0.3) is 0 Å². The maximum absolute atomic E-state index is 4.57. The third-order valence-electron chi connectivity index (χ3n) is 2.88. The molecule has 1 atom stereocenters. The van der Waals surface area contributed by atoms with E-state index in [1.165, 1.54) is 5.56 Å². The highest BCUT2D eigenvalue weighted by Crippen LogP contribution is 2.33. The van der Waals surface area contributed by atoms with Crippen LogP contribution in [-0.2, 0) is 0 Å². The molecule has 1 aliphatic heterocycles. The van der Waals surface area contributed by atoms with Crippen molar-refractivity contribution in [2.75, 3.05) is 33.7 Å². The minimum atomic E-state index is 0.488. The Morgan fingerprint density at radius 1 is 1.33 bits per heavy atom. The van der Waals surface area contributed by atoms with Crippen molar-refractivity contribution in [3.05, 3.63) is 35.9 Å². The monoisotopic (exact) mass is 263 g/mol. The average molecular weight is 263 g/mol. The first-order chi connectivity index (χ1) is 8.75. The van der Waals surface area contributed by atoms with Crippen LogP contribution in [0.5, 0.6) is 0 Å². The molecule has 3 nitrogen and oxygen atoms in total. The summed E-state index contributed by atoms with van der Waals surface area (Å²) < 4.78 is 0. The Kier molecular flexibility index (Phi) is 5.08. The molecular formula is C14H21N3S. The van der Waals surface area contributed by atoms with Gasteiger partial charge in [-0.3, -0.25) is 4.99 Å². The second-order valence-electron chi connectivity index (χ2n) is 4.75. The number of amidine groups is 1. The van der Waals surface area contributed by atoms with Gasteiger partial charge in [0, 0.05) is 6.54 Å². The summed E-state index contributed by atoms with van der Waals surface area (Å²) in [5.41, 5.74) is 1.37. The van der Waals surface area contributed by atoms with Crippen LogP contribution in [-0.4, -0.2) is 43.8 Å². The van der Waals surface area contributed by atoms with Crippen molar-refractivity contribution >= 4 is 16.9 Å². The van der Waals surface area contributed by atoms with Crippen LogP contribution in [0, 0.1) is 0 Å². The van der Waals surface area contributed by atoms with Crippen molar-refractivity contribution in [2.24, 2.45) is 4.99 Å². The smallest absolute Gasteiger partial charge is 0.157 e. The van der Waals surface area contributed by atoms with Gasteiger partial charge in [0.05, 0.1) is 11.8 Å². The van der Waals surface area contributed by atoms with Gasteiger partial charge in [-0.05, 0) is 32.6 Å². The number of rotatable bonds is 5. The summed E-state index contributed by atoms with van der Waals surface area (Å²) in [6, 6.07) is 10.6. The van der Waals surface area contributed by atoms with E-state index in [1.807, 2.05) is 11.8 Å². The minimum absolute atomic E-state index is 0.488. The van der Waals surface area contributed by atoms with Crippen molar-refractivity contribution in [3.8, 4) is 0 Å². The summed E-state index contributed by atoms with van der Waals surface area (Å²) in [6.07, 6.45) is 1.16. The van der Waals surface area contributed by atoms with E-state index < -0.39 is 0 Å². The molecule has 1 heterocycles. The molecule has 0 amide bonds. The van der Waals surface area contributed by atoms with Crippen LogP contribution in [0.4, 0.5) is 0 Å². The molecule has 1 unspecified atom stereocenters. The number of thioether (sulfide) groups is 1. The summed E-state index contributed by atoms with van der Waals surface area (Å²) >= 11 is 1.85. The quantitative estimate of drug-likeness (QED) is 0.827. The summed E-state index contributed by atoms with van der Waals surface area (Å²) in [4.78, 5) is 6.77. The molecule has 0 fully saturated rings. The fourth-order valence-corrected chi connectivity index (χ4v) is 2.95. The molecule has 2 rings (SSSR count). The third-order valence-corrected chi connectivity index (χ3v) is 4.09. The average Bonchev–Trinajstić information content (AvgIpc) is 2.84. The van der Waals surface area contributed by atoms with E-state index in [2.05, 4.69) is 59.6 Å². The fraction of sp³-hybridized carbons (Fsp3) is 0.500. The molecule has 1 aromatic carbocycles. The Labute approximate surface area is 114 Å². The highest BCUT2D eigenvalue weighted by Gasteiger charge is 2.20. The van der Waals surface area contributed by atoms with Crippen molar-refractivity contribution in [1.29, 1.82) is 0 Å². The van der Waals surface area contributed by atoms with Gasteiger partial charge in [-0.2, -0.15) is 0 Å². The summed E-state index contributed by atoms with van der Waals surface area (Å²) in [7, 11) is 4.21. The maximum atomic E-state index is 4.57. The van der Waals surface area contributed by atoms with Crippen molar-refractivity contribution in [2.45, 2.75) is 11.7 Å². The van der Waals surface area contributed by atoms with Crippen LogP contribution in [0.15, 0.2) is 35.3 Å². The zero-order valence-electron chi connectivity index (χ0n) is 11.1. The Hall–Kier alpha value is -1.00. The Morgan fingerprint density at radius 3 is 2.83 bits per heavy atom. The number of benzene rings is 1. The second kappa shape index (κ2) is 6.81. The highest BCUT2D eigenvalue weighted by atomic mass is 32.2.